The van der Waals surface area contributed by atoms with Crippen molar-refractivity contribution in [2.45, 2.75) is 19.8 Å². The number of amides is 2. The van der Waals surface area contributed by atoms with Crippen LogP contribution in [0.1, 0.15) is 79.7 Å². The van der Waals surface area contributed by atoms with Gasteiger partial charge in [-0.3, -0.25) is 28.8 Å². The molecular weight excluding hydrogens is 675 g/mol. The molecule has 4 heterocycles. The van der Waals surface area contributed by atoms with Crippen molar-refractivity contribution in [3.63, 3.8) is 0 Å². The Hall–Kier alpha value is -4.16. The molecule has 2 aromatic rings. The normalized spacial score (nSPS) is 17.9. The highest BCUT2D eigenvalue weighted by atomic mass is 32.1. The van der Waals surface area contributed by atoms with Gasteiger partial charge in [0.05, 0.1) is 37.8 Å². The first kappa shape index (κ1) is 34.7. The molecule has 0 spiro atoms. The summed E-state index contributed by atoms with van der Waals surface area (Å²) in [7, 11) is 0. The molecule has 260 valence electrons. The number of morpholine rings is 2. The van der Waals surface area contributed by atoms with E-state index >= 15 is 0 Å². The fourth-order valence-electron chi connectivity index (χ4n) is 5.79. The number of nitrogens with one attached hydrogen (secondary N) is 2. The molecule has 0 atom stereocenters. The van der Waals surface area contributed by atoms with Crippen LogP contribution in [0.2, 0.25) is 0 Å². The number of fused-ring (bicyclic) bond motifs is 2. The number of aromatic nitrogens is 2. The van der Waals surface area contributed by atoms with Crippen molar-refractivity contribution < 1.29 is 38.2 Å². The van der Waals surface area contributed by atoms with Crippen LogP contribution in [-0.4, -0.2) is 145 Å². The summed E-state index contributed by atoms with van der Waals surface area (Å²) in [5.41, 5.74) is 0.364. The molecule has 6 rings (SSSR count). The van der Waals surface area contributed by atoms with Gasteiger partial charge in [0.1, 0.15) is 21.1 Å². The summed E-state index contributed by atoms with van der Waals surface area (Å²) in [6.07, 6.45) is 3.94. The Morgan fingerprint density at radius 2 is 1.14 bits per heavy atom. The zero-order chi connectivity index (χ0) is 34.5. The Morgan fingerprint density at radius 3 is 1.53 bits per heavy atom. The van der Waals surface area contributed by atoms with Gasteiger partial charge in [-0.25, -0.2) is 9.97 Å². The van der Waals surface area contributed by atoms with Gasteiger partial charge in [-0.1, -0.05) is 6.92 Å². The predicted molar refractivity (Wildman–Crippen MR) is 179 cm³/mol. The van der Waals surface area contributed by atoms with Crippen molar-refractivity contribution in [3.05, 3.63) is 54.7 Å². The molecule has 2 saturated heterocycles. The van der Waals surface area contributed by atoms with E-state index < -0.39 is 11.6 Å². The van der Waals surface area contributed by atoms with Crippen LogP contribution in [0, 0.1) is 0 Å². The predicted octanol–water partition coefficient (Wildman–Crippen LogP) is 1.05. The second kappa shape index (κ2) is 15.6. The number of carbonyl (C=O) groups excluding carboxylic acids is 6. The second-order valence-electron chi connectivity index (χ2n) is 11.7. The van der Waals surface area contributed by atoms with Crippen molar-refractivity contribution in [1.82, 2.24) is 35.3 Å². The first-order valence-electron chi connectivity index (χ1n) is 16.3. The monoisotopic (exact) mass is 711 g/mol. The molecule has 0 radical (unpaired) electrons. The lowest BCUT2D eigenvalue weighted by atomic mass is 10.0. The number of ketones is 4. The molecule has 49 heavy (non-hydrogen) atoms. The van der Waals surface area contributed by atoms with E-state index in [1.807, 2.05) is 6.92 Å². The number of hydrogen-bond donors (Lipinski definition) is 2. The number of rotatable bonds is 13. The molecule has 2 aliphatic heterocycles. The van der Waals surface area contributed by atoms with E-state index in [1.165, 1.54) is 12.2 Å². The van der Waals surface area contributed by atoms with Crippen LogP contribution in [0.25, 0.3) is 0 Å². The van der Waals surface area contributed by atoms with Crippen molar-refractivity contribution in [2.75, 3.05) is 85.3 Å². The standard InChI is InChI=1S/C32H37N7O8S2/c1-2-37(7-3-5-33-19-17-21(40)27-23(25(19)42)35-29(48-27)31(44)38-9-13-46-14-10-38)8-4-6-34-20-18-22(41)28-24(26(20)43)36-30(49-28)32(45)39-11-15-47-16-12-39/h17-18,33-34H,2-16H2,1H3. The molecule has 0 bridgehead atoms. The molecular formula is C32H37N7O8S2. The Kier molecular flexibility index (Phi) is 11.0. The van der Waals surface area contributed by atoms with E-state index in [0.29, 0.717) is 78.5 Å². The summed E-state index contributed by atoms with van der Waals surface area (Å²) in [4.78, 5) is 91.7. The van der Waals surface area contributed by atoms with Gasteiger partial charge < -0.3 is 34.8 Å². The van der Waals surface area contributed by atoms with E-state index in [1.54, 1.807) is 9.80 Å². The number of nitrogens with zero attached hydrogens (tertiary/aromatic N) is 5. The summed E-state index contributed by atoms with van der Waals surface area (Å²) in [5, 5.41) is 6.40. The maximum Gasteiger partial charge on any atom is 0.283 e. The van der Waals surface area contributed by atoms with E-state index in [4.69, 9.17) is 9.47 Å². The van der Waals surface area contributed by atoms with Gasteiger partial charge >= 0.3 is 0 Å². The third-order valence-electron chi connectivity index (χ3n) is 8.52. The lowest BCUT2D eigenvalue weighted by Crippen LogP contribution is -2.40. The van der Waals surface area contributed by atoms with Gasteiger partial charge in [0.25, 0.3) is 11.8 Å². The average molecular weight is 712 g/mol. The number of allylic oxidation sites excluding steroid dienone is 4. The quantitative estimate of drug-likeness (QED) is 0.282. The Bertz CT molecular complexity index is 1600. The highest BCUT2D eigenvalue weighted by molar-refractivity contribution is 7.16. The number of thiazole rings is 2. The lowest BCUT2D eigenvalue weighted by Gasteiger charge is -2.25. The van der Waals surface area contributed by atoms with Gasteiger partial charge in [-0.2, -0.15) is 0 Å². The second-order valence-corrected chi connectivity index (χ2v) is 13.7. The van der Waals surface area contributed by atoms with Gasteiger partial charge in [0.2, 0.25) is 11.6 Å². The van der Waals surface area contributed by atoms with E-state index in [0.717, 1.165) is 42.3 Å². The Balaban J connectivity index is 0.930. The van der Waals surface area contributed by atoms with Crippen LogP contribution in [0.15, 0.2) is 23.5 Å². The molecule has 2 fully saturated rings. The molecule has 2 aromatic heterocycles. The lowest BCUT2D eigenvalue weighted by molar-refractivity contribution is 0.0301. The van der Waals surface area contributed by atoms with Crippen LogP contribution < -0.4 is 10.6 Å². The van der Waals surface area contributed by atoms with Crippen LogP contribution in [0.3, 0.4) is 0 Å². The van der Waals surface area contributed by atoms with Crippen molar-refractivity contribution in [1.29, 1.82) is 0 Å². The maximum atomic E-state index is 13.1. The van der Waals surface area contributed by atoms with E-state index in [9.17, 15) is 28.8 Å². The fourth-order valence-corrected chi connectivity index (χ4v) is 7.67. The number of ether oxygens (including phenoxy) is 2. The van der Waals surface area contributed by atoms with Crippen LogP contribution in [0.4, 0.5) is 0 Å². The Labute approximate surface area is 290 Å². The van der Waals surface area contributed by atoms with Gasteiger partial charge in [0, 0.05) is 51.4 Å². The van der Waals surface area contributed by atoms with Gasteiger partial charge in [-0.05, 0) is 32.5 Å². The highest BCUT2D eigenvalue weighted by Crippen LogP contribution is 2.28. The summed E-state index contributed by atoms with van der Waals surface area (Å²) in [5.74, 6) is -2.11. The molecule has 2 aliphatic carbocycles. The summed E-state index contributed by atoms with van der Waals surface area (Å²) < 4.78 is 10.6. The smallest absolute Gasteiger partial charge is 0.283 e. The maximum absolute atomic E-state index is 13.1. The zero-order valence-electron chi connectivity index (χ0n) is 27.1. The van der Waals surface area contributed by atoms with Gasteiger partial charge in [0.15, 0.2) is 21.6 Å². The number of Topliss-reactive ketones (excluding diaryl/α,β-unsaturated/α-hetero) is 2. The van der Waals surface area contributed by atoms with Crippen LogP contribution in [0.5, 0.6) is 0 Å². The highest BCUT2D eigenvalue weighted by Gasteiger charge is 2.34. The molecule has 15 nitrogen and oxygen atoms in total. The zero-order valence-corrected chi connectivity index (χ0v) is 28.7. The molecule has 2 N–H and O–H groups in total. The summed E-state index contributed by atoms with van der Waals surface area (Å²) in [6.45, 7) is 8.69. The van der Waals surface area contributed by atoms with Crippen molar-refractivity contribution in [2.24, 2.45) is 0 Å². The van der Waals surface area contributed by atoms with Crippen LogP contribution in [-0.2, 0) is 9.47 Å². The van der Waals surface area contributed by atoms with Crippen molar-refractivity contribution >= 4 is 57.6 Å². The van der Waals surface area contributed by atoms with Gasteiger partial charge in [-0.15, -0.1) is 22.7 Å². The SMILES string of the molecule is CCN(CCCNC1=CC(=O)c2sc(C(=O)N3CCOCC3)nc2C1=O)CCCNC1=CC(=O)c2sc(C(=O)N3CCOCC3)nc2C1=O. The topological polar surface area (TPSA) is 180 Å². The molecule has 0 unspecified atom stereocenters. The first-order valence-corrected chi connectivity index (χ1v) is 18.0. The number of carbonyl (C=O) groups is 6. The molecule has 4 aliphatic rings. The largest absolute Gasteiger partial charge is 0.382 e. The van der Waals surface area contributed by atoms with Crippen LogP contribution >= 0.6 is 22.7 Å². The first-order chi connectivity index (χ1) is 23.7. The molecule has 17 heteroatoms. The minimum atomic E-state index is -0.403. The number of hydrogen-bond acceptors (Lipinski definition) is 15. The summed E-state index contributed by atoms with van der Waals surface area (Å²) >= 11 is 1.90. The molecule has 2 amide bonds. The fraction of sp³-hybridized carbons (Fsp3) is 0.500. The third-order valence-corrected chi connectivity index (χ3v) is 10.6. The molecule has 0 aromatic carbocycles. The Morgan fingerprint density at radius 1 is 0.735 bits per heavy atom. The summed E-state index contributed by atoms with van der Waals surface area (Å²) in [6, 6.07) is 0. The van der Waals surface area contributed by atoms with E-state index in [-0.39, 0.29) is 65.9 Å². The third kappa shape index (κ3) is 7.70. The minimum absolute atomic E-state index is 0.0143. The van der Waals surface area contributed by atoms with Crippen molar-refractivity contribution in [3.8, 4) is 0 Å². The average Bonchev–Trinajstić information content (AvgIpc) is 3.79. The minimum Gasteiger partial charge on any atom is -0.382 e. The van der Waals surface area contributed by atoms with E-state index in [2.05, 4.69) is 25.5 Å². The molecule has 0 saturated carbocycles.